The van der Waals surface area contributed by atoms with E-state index in [9.17, 15) is 14.4 Å². The summed E-state index contributed by atoms with van der Waals surface area (Å²) in [7, 11) is 1.79. The zero-order valence-electron chi connectivity index (χ0n) is 16.8. The third kappa shape index (κ3) is 6.41. The molecule has 0 bridgehead atoms. The Morgan fingerprint density at radius 2 is 1.90 bits per heavy atom. The molecule has 0 saturated heterocycles. The third-order valence-corrected chi connectivity index (χ3v) is 5.38. The van der Waals surface area contributed by atoms with Crippen molar-refractivity contribution >= 4 is 35.2 Å². The van der Waals surface area contributed by atoms with Gasteiger partial charge in [-0.15, -0.1) is 10.2 Å². The highest BCUT2D eigenvalue weighted by Gasteiger charge is 2.20. The Morgan fingerprint density at radius 1 is 1.13 bits per heavy atom. The Morgan fingerprint density at radius 3 is 2.58 bits per heavy atom. The Bertz CT molecular complexity index is 1070. The number of nitrogens with one attached hydrogen (secondary N) is 2. The number of hydrogen-bond acceptors (Lipinski definition) is 6. The molecule has 10 heteroatoms. The molecule has 0 spiro atoms. The van der Waals surface area contributed by atoms with Crippen LogP contribution in [0.4, 0.5) is 5.69 Å². The van der Waals surface area contributed by atoms with Crippen LogP contribution in [0.15, 0.2) is 66.1 Å². The summed E-state index contributed by atoms with van der Waals surface area (Å²) in [5.41, 5.74) is 7.12. The van der Waals surface area contributed by atoms with Gasteiger partial charge in [-0.1, -0.05) is 48.2 Å². The number of nitrogens with two attached hydrogens (primary N) is 1. The minimum atomic E-state index is -0.851. The zero-order chi connectivity index (χ0) is 22.2. The second-order valence-electron chi connectivity index (χ2n) is 6.76. The summed E-state index contributed by atoms with van der Waals surface area (Å²) >= 11 is 1.25. The number of hydrogen-bond donors (Lipinski definition) is 3. The van der Waals surface area contributed by atoms with Crippen LogP contribution in [-0.4, -0.2) is 44.3 Å². The molecular formula is C21H22N6O3S. The van der Waals surface area contributed by atoms with Crippen molar-refractivity contribution in [2.45, 2.75) is 17.6 Å². The fourth-order valence-corrected chi connectivity index (χ4v) is 3.47. The molecule has 3 rings (SSSR count). The molecular weight excluding hydrogens is 416 g/mol. The molecule has 1 aromatic heterocycles. The number of rotatable bonds is 9. The standard InChI is InChI=1S/C21H22N6O3S/c1-27-13-23-26-21(27)31-12-18(28)24-16-9-5-8-15(11-16)20(30)25-17(19(22)29)10-14-6-3-2-4-7-14/h2-9,11,13,17H,10,12H2,1H3,(H2,22,29)(H,24,28)(H,25,30). The fraction of sp³-hybridized carbons (Fsp3) is 0.190. The van der Waals surface area contributed by atoms with Gasteiger partial charge in [0.25, 0.3) is 5.91 Å². The van der Waals surface area contributed by atoms with Crippen LogP contribution in [0.1, 0.15) is 15.9 Å². The normalized spacial score (nSPS) is 11.5. The maximum atomic E-state index is 12.7. The molecule has 0 aliphatic heterocycles. The van der Waals surface area contributed by atoms with Gasteiger partial charge in [0, 0.05) is 24.7 Å². The molecule has 9 nitrogen and oxygen atoms in total. The van der Waals surface area contributed by atoms with Crippen LogP contribution in [0, 0.1) is 0 Å². The zero-order valence-corrected chi connectivity index (χ0v) is 17.6. The van der Waals surface area contributed by atoms with Crippen LogP contribution in [0.5, 0.6) is 0 Å². The smallest absolute Gasteiger partial charge is 0.252 e. The molecule has 3 aromatic rings. The highest BCUT2D eigenvalue weighted by atomic mass is 32.2. The number of carbonyl (C=O) groups is 3. The fourth-order valence-electron chi connectivity index (χ4n) is 2.78. The van der Waals surface area contributed by atoms with Crippen LogP contribution < -0.4 is 16.4 Å². The van der Waals surface area contributed by atoms with Crippen LogP contribution in [-0.2, 0) is 23.1 Å². The van der Waals surface area contributed by atoms with Crippen molar-refractivity contribution in [3.63, 3.8) is 0 Å². The lowest BCUT2D eigenvalue weighted by molar-refractivity contribution is -0.119. The van der Waals surface area contributed by atoms with E-state index in [1.54, 1.807) is 42.2 Å². The third-order valence-electron chi connectivity index (χ3n) is 4.34. The first-order valence-corrected chi connectivity index (χ1v) is 10.4. The molecule has 3 amide bonds. The van der Waals surface area contributed by atoms with Gasteiger partial charge in [0.05, 0.1) is 5.75 Å². The molecule has 160 valence electrons. The van der Waals surface area contributed by atoms with Crippen LogP contribution in [0.25, 0.3) is 0 Å². The average molecular weight is 439 g/mol. The van der Waals surface area contributed by atoms with Gasteiger partial charge in [0.15, 0.2) is 5.16 Å². The van der Waals surface area contributed by atoms with Gasteiger partial charge in [-0.2, -0.15) is 0 Å². The minimum Gasteiger partial charge on any atom is -0.368 e. The van der Waals surface area contributed by atoms with E-state index in [-0.39, 0.29) is 18.1 Å². The summed E-state index contributed by atoms with van der Waals surface area (Å²) in [6, 6.07) is 14.9. The highest BCUT2D eigenvalue weighted by molar-refractivity contribution is 7.99. The first kappa shape index (κ1) is 22.0. The van der Waals surface area contributed by atoms with E-state index in [4.69, 9.17) is 5.73 Å². The number of aryl methyl sites for hydroxylation is 1. The van der Waals surface area contributed by atoms with Crippen molar-refractivity contribution in [1.29, 1.82) is 0 Å². The number of anilines is 1. The number of amides is 3. The summed E-state index contributed by atoms with van der Waals surface area (Å²) in [5, 5.41) is 13.7. The topological polar surface area (TPSA) is 132 Å². The minimum absolute atomic E-state index is 0.143. The SMILES string of the molecule is Cn1cnnc1SCC(=O)Nc1cccc(C(=O)NC(Cc2ccccc2)C(N)=O)c1. The molecule has 0 fully saturated rings. The second-order valence-corrected chi connectivity index (χ2v) is 7.70. The number of primary amides is 1. The molecule has 0 saturated carbocycles. The van der Waals surface area contributed by atoms with Crippen molar-refractivity contribution < 1.29 is 14.4 Å². The lowest BCUT2D eigenvalue weighted by Gasteiger charge is -2.16. The predicted molar refractivity (Wildman–Crippen MR) is 117 cm³/mol. The van der Waals surface area contributed by atoms with Gasteiger partial charge in [0.2, 0.25) is 11.8 Å². The Labute approximate surface area is 183 Å². The summed E-state index contributed by atoms with van der Waals surface area (Å²) in [6.45, 7) is 0. The average Bonchev–Trinajstić information content (AvgIpc) is 3.17. The lowest BCUT2D eigenvalue weighted by Crippen LogP contribution is -2.45. The first-order valence-electron chi connectivity index (χ1n) is 9.43. The first-order chi connectivity index (χ1) is 14.9. The number of nitrogens with zero attached hydrogens (tertiary/aromatic N) is 3. The van der Waals surface area contributed by atoms with Gasteiger partial charge >= 0.3 is 0 Å². The second kappa shape index (κ2) is 10.4. The van der Waals surface area contributed by atoms with E-state index < -0.39 is 17.9 Å². The van der Waals surface area contributed by atoms with Crippen LogP contribution in [0.2, 0.25) is 0 Å². The summed E-state index contributed by atoms with van der Waals surface area (Å²) in [6.07, 6.45) is 1.84. The number of aromatic nitrogens is 3. The molecule has 0 radical (unpaired) electrons. The molecule has 31 heavy (non-hydrogen) atoms. The number of benzene rings is 2. The maximum absolute atomic E-state index is 12.7. The van der Waals surface area contributed by atoms with Crippen LogP contribution >= 0.6 is 11.8 Å². The predicted octanol–water partition coefficient (Wildman–Crippen LogP) is 1.37. The van der Waals surface area contributed by atoms with Crippen molar-refractivity contribution in [1.82, 2.24) is 20.1 Å². The maximum Gasteiger partial charge on any atom is 0.252 e. The summed E-state index contributed by atoms with van der Waals surface area (Å²) in [4.78, 5) is 36.7. The van der Waals surface area contributed by atoms with Gasteiger partial charge in [-0.3, -0.25) is 14.4 Å². The molecule has 1 atom stereocenters. The van der Waals surface area contributed by atoms with E-state index >= 15 is 0 Å². The van der Waals surface area contributed by atoms with Crippen molar-refractivity contribution in [3.8, 4) is 0 Å². The highest BCUT2D eigenvalue weighted by Crippen LogP contribution is 2.15. The summed E-state index contributed by atoms with van der Waals surface area (Å²) < 4.78 is 1.72. The van der Waals surface area contributed by atoms with Crippen molar-refractivity contribution in [2.24, 2.45) is 12.8 Å². The van der Waals surface area contributed by atoms with Crippen LogP contribution in [0.3, 0.4) is 0 Å². The molecule has 2 aromatic carbocycles. The van der Waals surface area contributed by atoms with Gasteiger partial charge in [-0.05, 0) is 23.8 Å². The van der Waals surface area contributed by atoms with E-state index in [0.717, 1.165) is 5.56 Å². The molecule has 0 aliphatic carbocycles. The van der Waals surface area contributed by atoms with Crippen molar-refractivity contribution in [3.05, 3.63) is 72.1 Å². The van der Waals surface area contributed by atoms with Gasteiger partial charge in [-0.25, -0.2) is 0 Å². The quantitative estimate of drug-likeness (QED) is 0.432. The molecule has 4 N–H and O–H groups in total. The molecule has 0 aliphatic rings. The summed E-state index contributed by atoms with van der Waals surface area (Å²) in [5.74, 6) is -1.18. The van der Waals surface area contributed by atoms with E-state index in [0.29, 0.717) is 16.4 Å². The molecule has 1 heterocycles. The van der Waals surface area contributed by atoms with E-state index in [1.165, 1.54) is 11.8 Å². The Balaban J connectivity index is 1.60. The largest absolute Gasteiger partial charge is 0.368 e. The van der Waals surface area contributed by atoms with Crippen molar-refractivity contribution in [2.75, 3.05) is 11.1 Å². The number of carbonyl (C=O) groups excluding carboxylic acids is 3. The Hall–Kier alpha value is -3.66. The van der Waals surface area contributed by atoms with E-state index in [1.807, 2.05) is 30.3 Å². The Kier molecular flexibility index (Phi) is 7.39. The van der Waals surface area contributed by atoms with Gasteiger partial charge < -0.3 is 20.9 Å². The number of thioether (sulfide) groups is 1. The monoisotopic (exact) mass is 438 g/mol. The van der Waals surface area contributed by atoms with E-state index in [2.05, 4.69) is 20.8 Å². The van der Waals surface area contributed by atoms with Gasteiger partial charge in [0.1, 0.15) is 12.4 Å². The molecule has 1 unspecified atom stereocenters. The lowest BCUT2D eigenvalue weighted by atomic mass is 10.0.